The van der Waals surface area contributed by atoms with Crippen LogP contribution in [0.5, 0.6) is 34.5 Å². The van der Waals surface area contributed by atoms with Crippen LogP contribution in [0.2, 0.25) is 0 Å². The molecule has 0 spiro atoms. The quantitative estimate of drug-likeness (QED) is 0.404. The molecule has 3 aliphatic heterocycles. The van der Waals surface area contributed by atoms with E-state index in [1.165, 1.54) is 0 Å². The van der Waals surface area contributed by atoms with Gasteiger partial charge in [-0.1, -0.05) is 12.1 Å². The van der Waals surface area contributed by atoms with Gasteiger partial charge >= 0.3 is 0 Å². The fraction of sp³-hybridized carbons (Fsp3) is 0.0526. The number of ether oxygens (including phenoxy) is 3. The lowest BCUT2D eigenvalue weighted by molar-refractivity contribution is 0.442. The van der Waals surface area contributed by atoms with Crippen molar-refractivity contribution in [3.63, 3.8) is 0 Å². The van der Waals surface area contributed by atoms with E-state index < -0.39 is 0 Å². The van der Waals surface area contributed by atoms with E-state index in [0.717, 1.165) is 56.4 Å². The minimum absolute atomic E-state index is 0.120. The number of hydrogen-bond acceptors (Lipinski definition) is 3. The highest BCUT2D eigenvalue weighted by atomic mass is 16.5. The van der Waals surface area contributed by atoms with Crippen LogP contribution in [-0.4, -0.2) is 6.71 Å². The van der Waals surface area contributed by atoms with Crippen LogP contribution in [0.1, 0.15) is 5.56 Å². The van der Waals surface area contributed by atoms with Gasteiger partial charge in [0.25, 0.3) is 6.71 Å². The van der Waals surface area contributed by atoms with Crippen LogP contribution in [0, 0.1) is 6.92 Å². The molecule has 6 rings (SSSR count). The van der Waals surface area contributed by atoms with Gasteiger partial charge in [0, 0.05) is 16.4 Å². The van der Waals surface area contributed by atoms with Crippen molar-refractivity contribution < 1.29 is 14.2 Å². The van der Waals surface area contributed by atoms with E-state index >= 15 is 0 Å². The van der Waals surface area contributed by atoms with E-state index in [0.29, 0.717) is 0 Å². The Balaban J connectivity index is 1.79. The minimum atomic E-state index is 0.120. The van der Waals surface area contributed by atoms with Crippen molar-refractivity contribution in [2.45, 2.75) is 6.92 Å². The fourth-order valence-electron chi connectivity index (χ4n) is 3.95. The van der Waals surface area contributed by atoms with E-state index in [1.807, 2.05) is 36.4 Å². The van der Waals surface area contributed by atoms with Crippen LogP contribution in [0.25, 0.3) is 0 Å². The molecule has 0 saturated carbocycles. The smallest absolute Gasteiger partial charge is 0.270 e. The van der Waals surface area contributed by atoms with Crippen molar-refractivity contribution >= 4 is 23.1 Å². The van der Waals surface area contributed by atoms with Crippen LogP contribution < -0.4 is 30.6 Å². The summed E-state index contributed by atoms with van der Waals surface area (Å²) < 4.78 is 18.5. The molecule has 4 heteroatoms. The molecule has 0 radical (unpaired) electrons. The van der Waals surface area contributed by atoms with Crippen LogP contribution >= 0.6 is 0 Å². The van der Waals surface area contributed by atoms with Crippen molar-refractivity contribution in [2.75, 3.05) is 0 Å². The van der Waals surface area contributed by atoms with Crippen LogP contribution in [0.4, 0.5) is 0 Å². The van der Waals surface area contributed by atoms with E-state index in [2.05, 4.69) is 19.1 Å². The molecule has 0 amide bonds. The predicted octanol–water partition coefficient (Wildman–Crippen LogP) is 2.83. The summed E-state index contributed by atoms with van der Waals surface area (Å²) in [7, 11) is 0. The SMILES string of the molecule is Cc1cc2c3c(c1)Oc1cccc4c1B3c1c(cccc1O2)O4. The largest absolute Gasteiger partial charge is 0.458 e. The molecule has 3 nitrogen and oxygen atoms in total. The maximum atomic E-state index is 6.17. The molecule has 0 aromatic heterocycles. The number of rotatable bonds is 0. The lowest BCUT2D eigenvalue weighted by Crippen LogP contribution is -2.59. The number of hydrogen-bond donors (Lipinski definition) is 0. The molecule has 0 unspecified atom stereocenters. The summed E-state index contributed by atoms with van der Waals surface area (Å²) >= 11 is 0. The van der Waals surface area contributed by atoms with Crippen LogP contribution in [0.15, 0.2) is 48.5 Å². The Bertz CT molecular complexity index is 949. The molecule has 0 saturated heterocycles. The lowest BCUT2D eigenvalue weighted by Gasteiger charge is -2.37. The van der Waals surface area contributed by atoms with Crippen LogP contribution in [0.3, 0.4) is 0 Å². The van der Waals surface area contributed by atoms with Gasteiger partial charge in [0.15, 0.2) is 0 Å². The first-order valence-electron chi connectivity index (χ1n) is 7.73. The molecular weight excluding hydrogens is 287 g/mol. The maximum Gasteiger partial charge on any atom is 0.270 e. The zero-order chi connectivity index (χ0) is 15.1. The Morgan fingerprint density at radius 3 is 1.48 bits per heavy atom. The second kappa shape index (κ2) is 3.71. The minimum Gasteiger partial charge on any atom is -0.458 e. The molecule has 3 aromatic carbocycles. The highest BCUT2D eigenvalue weighted by molar-refractivity contribution is 6.99. The van der Waals surface area contributed by atoms with E-state index in [1.54, 1.807) is 0 Å². The maximum absolute atomic E-state index is 6.17. The van der Waals surface area contributed by atoms with Gasteiger partial charge in [0.05, 0.1) is 0 Å². The Morgan fingerprint density at radius 1 is 0.609 bits per heavy atom. The summed E-state index contributed by atoms with van der Waals surface area (Å²) in [4.78, 5) is 0. The van der Waals surface area contributed by atoms with Gasteiger partial charge in [0.1, 0.15) is 34.5 Å². The summed E-state index contributed by atoms with van der Waals surface area (Å²) in [6.45, 7) is 2.18. The molecule has 23 heavy (non-hydrogen) atoms. The van der Waals surface area contributed by atoms with Gasteiger partial charge in [-0.3, -0.25) is 0 Å². The average molecular weight is 298 g/mol. The molecule has 3 aliphatic rings. The lowest BCUT2D eigenvalue weighted by atomic mass is 9.34. The molecule has 0 N–H and O–H groups in total. The summed E-state index contributed by atoms with van der Waals surface area (Å²) in [5.74, 6) is 5.26. The first-order valence-corrected chi connectivity index (χ1v) is 7.73. The summed E-state index contributed by atoms with van der Waals surface area (Å²) in [6, 6.07) is 16.2. The van der Waals surface area contributed by atoms with Crippen molar-refractivity contribution in [3.05, 3.63) is 54.1 Å². The number of benzene rings is 3. The number of aryl methyl sites for hydroxylation is 1. The Labute approximate surface area is 133 Å². The molecular formula is C19H11BO3. The van der Waals surface area contributed by atoms with Gasteiger partial charge in [-0.25, -0.2) is 0 Å². The molecule has 0 atom stereocenters. The molecule has 0 fully saturated rings. The topological polar surface area (TPSA) is 27.7 Å². The van der Waals surface area contributed by atoms with Gasteiger partial charge in [-0.05, 0) is 48.9 Å². The Kier molecular flexibility index (Phi) is 1.88. The zero-order valence-corrected chi connectivity index (χ0v) is 12.4. The standard InChI is InChI=1S/C19H11BO3/c1-10-8-15-19-16(9-10)23-14-7-3-5-12-18(14)20(19)17-11(21-12)4-2-6-13(17)22-15/h2-9H,1H3. The predicted molar refractivity (Wildman–Crippen MR) is 88.9 cm³/mol. The van der Waals surface area contributed by atoms with Crippen LogP contribution in [-0.2, 0) is 0 Å². The summed E-state index contributed by atoms with van der Waals surface area (Å²) in [5.41, 5.74) is 4.45. The van der Waals surface area contributed by atoms with E-state index in [4.69, 9.17) is 14.2 Å². The molecule has 3 heterocycles. The normalized spacial score (nSPS) is 14.4. The monoisotopic (exact) mass is 298 g/mol. The van der Waals surface area contributed by atoms with Gasteiger partial charge in [0.2, 0.25) is 0 Å². The Morgan fingerprint density at radius 2 is 1.00 bits per heavy atom. The third kappa shape index (κ3) is 1.32. The molecule has 108 valence electrons. The van der Waals surface area contributed by atoms with Crippen molar-refractivity contribution in [1.29, 1.82) is 0 Å². The van der Waals surface area contributed by atoms with Gasteiger partial charge in [-0.2, -0.15) is 0 Å². The highest BCUT2D eigenvalue weighted by Gasteiger charge is 2.46. The average Bonchev–Trinajstić information content (AvgIpc) is 2.54. The molecule has 0 bridgehead atoms. The molecule has 3 aromatic rings. The van der Waals surface area contributed by atoms with Gasteiger partial charge in [-0.15, -0.1) is 0 Å². The van der Waals surface area contributed by atoms with Crippen molar-refractivity contribution in [1.82, 2.24) is 0 Å². The second-order valence-electron chi connectivity index (χ2n) is 6.25. The van der Waals surface area contributed by atoms with E-state index in [9.17, 15) is 0 Å². The Hall–Kier alpha value is -2.88. The third-order valence-corrected chi connectivity index (χ3v) is 4.83. The first-order chi connectivity index (χ1) is 11.3. The van der Waals surface area contributed by atoms with Crippen molar-refractivity contribution in [2.24, 2.45) is 0 Å². The second-order valence-corrected chi connectivity index (χ2v) is 6.25. The highest BCUT2D eigenvalue weighted by Crippen LogP contribution is 2.41. The van der Waals surface area contributed by atoms with Crippen molar-refractivity contribution in [3.8, 4) is 34.5 Å². The fourth-order valence-corrected chi connectivity index (χ4v) is 3.95. The molecule has 0 aliphatic carbocycles. The summed E-state index contributed by atoms with van der Waals surface area (Å²) in [5, 5.41) is 0. The third-order valence-electron chi connectivity index (χ3n) is 4.83. The first kappa shape index (κ1) is 11.7. The van der Waals surface area contributed by atoms with E-state index in [-0.39, 0.29) is 6.71 Å². The zero-order valence-electron chi connectivity index (χ0n) is 12.4. The van der Waals surface area contributed by atoms with Gasteiger partial charge < -0.3 is 14.2 Å². The summed E-state index contributed by atoms with van der Waals surface area (Å²) in [6.07, 6.45) is 0.